The summed E-state index contributed by atoms with van der Waals surface area (Å²) in [5.41, 5.74) is 3.23. The summed E-state index contributed by atoms with van der Waals surface area (Å²) in [7, 11) is 3.81. The quantitative estimate of drug-likeness (QED) is 0.646. The molecule has 3 aromatic rings. The van der Waals surface area contributed by atoms with Crippen LogP contribution in [0.25, 0.3) is 22.8 Å². The van der Waals surface area contributed by atoms with Gasteiger partial charge in [0.2, 0.25) is 0 Å². The van der Waals surface area contributed by atoms with E-state index in [9.17, 15) is 0 Å². The van der Waals surface area contributed by atoms with Crippen LogP contribution in [-0.2, 0) is 18.3 Å². The Hall–Kier alpha value is -2.44. The number of hydrogen-bond donors (Lipinski definition) is 0. The molecular weight excluding hydrogens is 338 g/mol. The van der Waals surface area contributed by atoms with Crippen molar-refractivity contribution >= 4 is 0 Å². The number of imidazole rings is 2. The minimum absolute atomic E-state index is 0.624. The van der Waals surface area contributed by atoms with Crippen molar-refractivity contribution in [3.63, 3.8) is 0 Å². The van der Waals surface area contributed by atoms with Gasteiger partial charge in [0.25, 0.3) is 0 Å². The Morgan fingerprint density at radius 2 is 2.04 bits per heavy atom. The van der Waals surface area contributed by atoms with Gasteiger partial charge in [-0.25, -0.2) is 9.97 Å². The average molecular weight is 365 g/mol. The Kier molecular flexibility index (Phi) is 5.36. The zero-order valence-electron chi connectivity index (χ0n) is 16.1. The van der Waals surface area contributed by atoms with Gasteiger partial charge in [-0.2, -0.15) is 0 Å². The SMILES string of the molecule is COCCN1CC[C@H](Cn2cnc(-c3ccccc3)c2-c2nccn2C)C1. The van der Waals surface area contributed by atoms with Gasteiger partial charge in [-0.15, -0.1) is 0 Å². The second-order valence-corrected chi connectivity index (χ2v) is 7.27. The number of ether oxygens (including phenoxy) is 1. The summed E-state index contributed by atoms with van der Waals surface area (Å²) in [6, 6.07) is 10.4. The number of benzene rings is 1. The fourth-order valence-electron chi connectivity index (χ4n) is 3.92. The second-order valence-electron chi connectivity index (χ2n) is 7.27. The summed E-state index contributed by atoms with van der Waals surface area (Å²) in [5.74, 6) is 1.58. The summed E-state index contributed by atoms with van der Waals surface area (Å²) in [6.07, 6.45) is 7.03. The molecule has 1 aromatic carbocycles. The number of likely N-dealkylation sites (tertiary alicyclic amines) is 1. The van der Waals surface area contributed by atoms with E-state index in [1.54, 1.807) is 7.11 Å². The largest absolute Gasteiger partial charge is 0.383 e. The number of aryl methyl sites for hydroxylation is 1. The Balaban J connectivity index is 1.62. The molecule has 1 atom stereocenters. The van der Waals surface area contributed by atoms with Crippen LogP contribution in [0.4, 0.5) is 0 Å². The first-order valence-corrected chi connectivity index (χ1v) is 9.56. The Labute approximate surface area is 160 Å². The molecule has 0 bridgehead atoms. The van der Waals surface area contributed by atoms with Crippen molar-refractivity contribution in [3.8, 4) is 22.8 Å². The molecule has 6 heteroatoms. The van der Waals surface area contributed by atoms with E-state index in [4.69, 9.17) is 9.72 Å². The van der Waals surface area contributed by atoms with Crippen molar-refractivity contribution in [3.05, 3.63) is 49.1 Å². The molecule has 0 amide bonds. The molecule has 3 heterocycles. The summed E-state index contributed by atoms with van der Waals surface area (Å²) < 4.78 is 9.58. The van der Waals surface area contributed by atoms with E-state index < -0.39 is 0 Å². The third kappa shape index (κ3) is 3.82. The van der Waals surface area contributed by atoms with Crippen molar-refractivity contribution in [1.29, 1.82) is 0 Å². The molecule has 6 nitrogen and oxygen atoms in total. The Bertz CT molecular complexity index is 870. The maximum atomic E-state index is 5.22. The first kappa shape index (κ1) is 17.9. The molecule has 142 valence electrons. The predicted octanol–water partition coefficient (Wildman–Crippen LogP) is 2.92. The van der Waals surface area contributed by atoms with E-state index >= 15 is 0 Å². The van der Waals surface area contributed by atoms with E-state index in [0.717, 1.165) is 55.6 Å². The van der Waals surface area contributed by atoms with Crippen LogP contribution in [0.2, 0.25) is 0 Å². The second kappa shape index (κ2) is 8.06. The maximum Gasteiger partial charge on any atom is 0.158 e. The van der Waals surface area contributed by atoms with Gasteiger partial charge < -0.3 is 18.8 Å². The number of rotatable bonds is 7. The van der Waals surface area contributed by atoms with Crippen LogP contribution in [-0.4, -0.2) is 57.4 Å². The fraction of sp³-hybridized carbons (Fsp3) is 0.429. The molecule has 0 N–H and O–H groups in total. The number of methoxy groups -OCH3 is 1. The molecule has 0 spiro atoms. The third-order valence-electron chi connectivity index (χ3n) is 5.35. The maximum absolute atomic E-state index is 5.22. The van der Waals surface area contributed by atoms with Crippen LogP contribution in [0.5, 0.6) is 0 Å². The molecule has 0 aliphatic carbocycles. The highest BCUT2D eigenvalue weighted by Crippen LogP contribution is 2.31. The summed E-state index contributed by atoms with van der Waals surface area (Å²) in [6.45, 7) is 5.03. The third-order valence-corrected chi connectivity index (χ3v) is 5.35. The summed E-state index contributed by atoms with van der Waals surface area (Å²) in [4.78, 5) is 11.9. The highest BCUT2D eigenvalue weighted by molar-refractivity contribution is 5.75. The van der Waals surface area contributed by atoms with Crippen molar-refractivity contribution in [2.24, 2.45) is 13.0 Å². The van der Waals surface area contributed by atoms with Crippen LogP contribution < -0.4 is 0 Å². The van der Waals surface area contributed by atoms with Crippen LogP contribution >= 0.6 is 0 Å². The van der Waals surface area contributed by atoms with Gasteiger partial charge in [0.15, 0.2) is 5.82 Å². The monoisotopic (exact) mass is 365 g/mol. The molecular formula is C21H27N5O. The minimum atomic E-state index is 0.624. The molecule has 1 fully saturated rings. The van der Waals surface area contributed by atoms with Crippen LogP contribution in [0.1, 0.15) is 6.42 Å². The molecule has 4 rings (SSSR count). The number of nitrogens with zero attached hydrogens (tertiary/aromatic N) is 5. The molecule has 1 aliphatic heterocycles. The van der Waals surface area contributed by atoms with E-state index in [2.05, 4.69) is 43.3 Å². The lowest BCUT2D eigenvalue weighted by Gasteiger charge is -2.17. The molecule has 0 unspecified atom stereocenters. The number of aromatic nitrogens is 4. The summed E-state index contributed by atoms with van der Waals surface area (Å²) in [5, 5.41) is 0. The zero-order valence-corrected chi connectivity index (χ0v) is 16.1. The first-order chi connectivity index (χ1) is 13.3. The fourth-order valence-corrected chi connectivity index (χ4v) is 3.92. The van der Waals surface area contributed by atoms with Crippen molar-refractivity contribution in [1.82, 2.24) is 24.0 Å². The standard InChI is InChI=1S/C21H27N5O/c1-24-11-9-22-21(24)20-19(18-6-4-3-5-7-18)23-16-26(20)15-17-8-10-25(14-17)12-13-27-2/h3-7,9,11,16-17H,8,10,12-15H2,1-2H3/t17-/m0/s1. The topological polar surface area (TPSA) is 48.1 Å². The van der Waals surface area contributed by atoms with Gasteiger partial charge in [-0.1, -0.05) is 30.3 Å². The van der Waals surface area contributed by atoms with Crippen LogP contribution in [0.15, 0.2) is 49.1 Å². The van der Waals surface area contributed by atoms with Crippen molar-refractivity contribution in [2.75, 3.05) is 33.4 Å². The molecule has 1 saturated heterocycles. The van der Waals surface area contributed by atoms with E-state index in [0.29, 0.717) is 5.92 Å². The van der Waals surface area contributed by atoms with Gasteiger partial charge >= 0.3 is 0 Å². The first-order valence-electron chi connectivity index (χ1n) is 9.56. The van der Waals surface area contributed by atoms with E-state index in [1.807, 2.05) is 31.8 Å². The minimum Gasteiger partial charge on any atom is -0.383 e. The molecule has 1 aliphatic rings. The smallest absolute Gasteiger partial charge is 0.158 e. The Morgan fingerprint density at radius 3 is 2.78 bits per heavy atom. The lowest BCUT2D eigenvalue weighted by Crippen LogP contribution is -2.25. The van der Waals surface area contributed by atoms with E-state index in [1.165, 1.54) is 6.42 Å². The van der Waals surface area contributed by atoms with Gasteiger partial charge in [0.05, 0.1) is 18.6 Å². The predicted molar refractivity (Wildman–Crippen MR) is 106 cm³/mol. The summed E-state index contributed by atoms with van der Waals surface area (Å²) >= 11 is 0. The van der Waals surface area contributed by atoms with Gasteiger partial charge in [-0.05, 0) is 18.9 Å². The lowest BCUT2D eigenvalue weighted by molar-refractivity contribution is 0.158. The van der Waals surface area contributed by atoms with Crippen molar-refractivity contribution in [2.45, 2.75) is 13.0 Å². The average Bonchev–Trinajstić information content (AvgIpc) is 3.41. The zero-order chi connectivity index (χ0) is 18.6. The molecule has 2 aromatic heterocycles. The molecule has 0 radical (unpaired) electrons. The van der Waals surface area contributed by atoms with Gasteiger partial charge in [0.1, 0.15) is 5.69 Å². The lowest BCUT2D eigenvalue weighted by atomic mass is 10.1. The highest BCUT2D eigenvalue weighted by atomic mass is 16.5. The van der Waals surface area contributed by atoms with Gasteiger partial charge in [0, 0.05) is 51.7 Å². The Morgan fingerprint density at radius 1 is 1.19 bits per heavy atom. The number of hydrogen-bond acceptors (Lipinski definition) is 4. The van der Waals surface area contributed by atoms with Gasteiger partial charge in [-0.3, -0.25) is 0 Å². The normalized spacial score (nSPS) is 17.6. The van der Waals surface area contributed by atoms with Crippen LogP contribution in [0.3, 0.4) is 0 Å². The van der Waals surface area contributed by atoms with E-state index in [-0.39, 0.29) is 0 Å². The van der Waals surface area contributed by atoms with Crippen LogP contribution in [0, 0.1) is 5.92 Å². The highest BCUT2D eigenvalue weighted by Gasteiger charge is 2.25. The molecule has 0 saturated carbocycles. The molecule has 27 heavy (non-hydrogen) atoms. The van der Waals surface area contributed by atoms with Crippen molar-refractivity contribution < 1.29 is 4.74 Å².